The Bertz CT molecular complexity index is 647. The average Bonchev–Trinajstić information content (AvgIpc) is 3.49. The standard InChI is InChI=1S/C24H37NO2/c1-25-17-3-5-20(7-8-20)4-2-6-21(9-10-21)19(26)27-18-22(11-12-22)23(13-14-23)24(25)15-16-24/h2-18H2,1H3. The third-order valence-electron chi connectivity index (χ3n) is 10.3. The molecule has 3 nitrogen and oxygen atoms in total. The summed E-state index contributed by atoms with van der Waals surface area (Å²) in [6.07, 6.45) is 19.6. The van der Waals surface area contributed by atoms with Gasteiger partial charge in [0.15, 0.2) is 0 Å². The maximum atomic E-state index is 13.0. The highest BCUT2D eigenvalue weighted by molar-refractivity contribution is 5.79. The fourth-order valence-corrected chi connectivity index (χ4v) is 7.44. The van der Waals surface area contributed by atoms with Crippen molar-refractivity contribution in [1.29, 1.82) is 0 Å². The van der Waals surface area contributed by atoms with Crippen molar-refractivity contribution in [3.8, 4) is 0 Å². The Labute approximate surface area is 164 Å². The van der Waals surface area contributed by atoms with Gasteiger partial charge in [0.05, 0.1) is 12.0 Å². The molecule has 150 valence electrons. The molecule has 6 fully saturated rings. The van der Waals surface area contributed by atoms with E-state index < -0.39 is 0 Å². The van der Waals surface area contributed by atoms with E-state index in [1.54, 1.807) is 0 Å². The highest BCUT2D eigenvalue weighted by atomic mass is 16.5. The van der Waals surface area contributed by atoms with Crippen molar-refractivity contribution < 1.29 is 9.53 Å². The maximum absolute atomic E-state index is 13.0. The Morgan fingerprint density at radius 2 is 1.48 bits per heavy atom. The van der Waals surface area contributed by atoms with E-state index in [0.717, 1.165) is 25.9 Å². The molecule has 1 aliphatic heterocycles. The summed E-state index contributed by atoms with van der Waals surface area (Å²) in [7, 11) is 2.41. The molecule has 0 aromatic carbocycles. The van der Waals surface area contributed by atoms with Crippen molar-refractivity contribution in [2.24, 2.45) is 21.7 Å². The second-order valence-corrected chi connectivity index (χ2v) is 11.6. The zero-order valence-electron chi connectivity index (χ0n) is 17.3. The van der Waals surface area contributed by atoms with Gasteiger partial charge in [-0.1, -0.05) is 6.42 Å². The van der Waals surface area contributed by atoms with Gasteiger partial charge in [0, 0.05) is 11.0 Å². The van der Waals surface area contributed by atoms with Crippen molar-refractivity contribution >= 4 is 5.97 Å². The SMILES string of the molecule is CN1CCCC2(CCCC3(CC3)C(=O)OCC3(CC3)C3(CC3)C13CC3)CC2. The maximum Gasteiger partial charge on any atom is 0.312 e. The average molecular weight is 372 g/mol. The largest absolute Gasteiger partial charge is 0.465 e. The lowest BCUT2D eigenvalue weighted by Gasteiger charge is -2.41. The Hall–Kier alpha value is -0.570. The number of nitrogens with zero attached hydrogens (tertiary/aromatic N) is 1. The van der Waals surface area contributed by atoms with Crippen LogP contribution in [0, 0.1) is 21.7 Å². The monoisotopic (exact) mass is 371 g/mol. The molecule has 27 heavy (non-hydrogen) atoms. The first-order valence-electron chi connectivity index (χ1n) is 11.9. The number of hydrogen-bond acceptors (Lipinski definition) is 3. The summed E-state index contributed by atoms with van der Waals surface area (Å²) in [6.45, 7) is 2.01. The Balaban J connectivity index is 1.25. The van der Waals surface area contributed by atoms with Gasteiger partial charge in [-0.2, -0.15) is 0 Å². The quantitative estimate of drug-likeness (QED) is 0.556. The van der Waals surface area contributed by atoms with Gasteiger partial charge >= 0.3 is 5.97 Å². The smallest absolute Gasteiger partial charge is 0.312 e. The van der Waals surface area contributed by atoms with E-state index in [4.69, 9.17) is 4.74 Å². The highest BCUT2D eigenvalue weighted by Gasteiger charge is 2.78. The van der Waals surface area contributed by atoms with E-state index in [2.05, 4.69) is 11.9 Å². The van der Waals surface area contributed by atoms with E-state index in [9.17, 15) is 4.79 Å². The first kappa shape index (κ1) is 17.3. The van der Waals surface area contributed by atoms with Crippen molar-refractivity contribution in [2.75, 3.05) is 20.2 Å². The molecule has 6 aliphatic rings. The summed E-state index contributed by atoms with van der Waals surface area (Å²) < 4.78 is 6.12. The van der Waals surface area contributed by atoms with Crippen molar-refractivity contribution in [2.45, 2.75) is 102 Å². The number of rotatable bonds is 0. The fourth-order valence-electron chi connectivity index (χ4n) is 7.44. The van der Waals surface area contributed by atoms with Crippen LogP contribution >= 0.6 is 0 Å². The summed E-state index contributed by atoms with van der Waals surface area (Å²) in [5, 5.41) is 0. The van der Waals surface area contributed by atoms with E-state index in [-0.39, 0.29) is 11.4 Å². The lowest BCUT2D eigenvalue weighted by molar-refractivity contribution is -0.154. The molecule has 5 saturated carbocycles. The van der Waals surface area contributed by atoms with Crippen LogP contribution in [-0.4, -0.2) is 36.6 Å². The molecule has 0 bridgehead atoms. The predicted octanol–water partition coefficient (Wildman–Crippen LogP) is 5.08. The van der Waals surface area contributed by atoms with Crippen LogP contribution in [0.3, 0.4) is 0 Å². The Morgan fingerprint density at radius 3 is 2.04 bits per heavy atom. The molecule has 1 saturated heterocycles. The number of cyclic esters (lactones) is 1. The predicted molar refractivity (Wildman–Crippen MR) is 105 cm³/mol. The van der Waals surface area contributed by atoms with Crippen molar-refractivity contribution in [1.82, 2.24) is 4.90 Å². The van der Waals surface area contributed by atoms with Gasteiger partial charge < -0.3 is 9.64 Å². The van der Waals surface area contributed by atoms with E-state index in [0.29, 0.717) is 21.8 Å². The van der Waals surface area contributed by atoms with Gasteiger partial charge in [0.1, 0.15) is 0 Å². The number of ether oxygens (including phenoxy) is 1. The Kier molecular flexibility index (Phi) is 3.41. The van der Waals surface area contributed by atoms with Gasteiger partial charge in [-0.25, -0.2) is 0 Å². The first-order chi connectivity index (χ1) is 13.0. The molecule has 0 unspecified atom stereocenters. The van der Waals surface area contributed by atoms with Crippen molar-refractivity contribution in [3.05, 3.63) is 0 Å². The molecule has 0 atom stereocenters. The summed E-state index contributed by atoms with van der Waals surface area (Å²) in [5.74, 6) is 0.169. The van der Waals surface area contributed by atoms with Crippen LogP contribution in [-0.2, 0) is 9.53 Å². The molecule has 0 N–H and O–H groups in total. The molecule has 3 heteroatoms. The first-order valence-corrected chi connectivity index (χ1v) is 11.9. The van der Waals surface area contributed by atoms with E-state index in [1.165, 1.54) is 83.6 Å². The molecule has 0 amide bonds. The van der Waals surface area contributed by atoms with Gasteiger partial charge in [-0.3, -0.25) is 4.79 Å². The number of hydrogen-bond donors (Lipinski definition) is 0. The number of carbonyl (C=O) groups is 1. The third-order valence-corrected chi connectivity index (χ3v) is 10.3. The van der Waals surface area contributed by atoms with Crippen LogP contribution in [0.15, 0.2) is 0 Å². The number of esters is 1. The van der Waals surface area contributed by atoms with Crippen LogP contribution in [0.5, 0.6) is 0 Å². The second kappa shape index (κ2) is 5.32. The van der Waals surface area contributed by atoms with Crippen LogP contribution in [0.4, 0.5) is 0 Å². The molecule has 6 rings (SSSR count). The van der Waals surface area contributed by atoms with Gasteiger partial charge in [-0.05, 0) is 114 Å². The van der Waals surface area contributed by atoms with Crippen LogP contribution in [0.1, 0.15) is 96.3 Å². The summed E-state index contributed by atoms with van der Waals surface area (Å²) in [6, 6.07) is 0. The van der Waals surface area contributed by atoms with Crippen molar-refractivity contribution in [3.63, 3.8) is 0 Å². The lowest BCUT2D eigenvalue weighted by Crippen LogP contribution is -2.47. The minimum absolute atomic E-state index is 0.0723. The molecular formula is C24H37NO2. The normalized spacial score (nSPS) is 37.0. The number of carbonyl (C=O) groups excluding carboxylic acids is 1. The molecular weight excluding hydrogens is 334 g/mol. The summed E-state index contributed by atoms with van der Waals surface area (Å²) in [5.41, 5.74) is 1.83. The summed E-state index contributed by atoms with van der Waals surface area (Å²) >= 11 is 0. The zero-order chi connectivity index (χ0) is 18.4. The van der Waals surface area contributed by atoms with E-state index >= 15 is 0 Å². The van der Waals surface area contributed by atoms with Crippen LogP contribution in [0.25, 0.3) is 0 Å². The molecule has 0 aromatic heterocycles. The topological polar surface area (TPSA) is 29.5 Å². The minimum atomic E-state index is -0.0723. The minimum Gasteiger partial charge on any atom is -0.465 e. The van der Waals surface area contributed by atoms with Gasteiger partial charge in [-0.15, -0.1) is 0 Å². The lowest BCUT2D eigenvalue weighted by atomic mass is 9.76. The van der Waals surface area contributed by atoms with E-state index in [1.807, 2.05) is 0 Å². The van der Waals surface area contributed by atoms with Crippen LogP contribution in [0.2, 0.25) is 0 Å². The molecule has 0 radical (unpaired) electrons. The fraction of sp³-hybridized carbons (Fsp3) is 0.958. The number of fused-ring (bicyclic) bond motifs is 2. The zero-order valence-corrected chi connectivity index (χ0v) is 17.3. The highest BCUT2D eigenvalue weighted by Crippen LogP contribution is 2.80. The van der Waals surface area contributed by atoms with Gasteiger partial charge in [0.25, 0.3) is 0 Å². The third kappa shape index (κ3) is 2.45. The Morgan fingerprint density at radius 1 is 0.778 bits per heavy atom. The summed E-state index contributed by atoms with van der Waals surface area (Å²) in [4.78, 5) is 15.7. The van der Waals surface area contributed by atoms with Gasteiger partial charge in [0.2, 0.25) is 0 Å². The van der Waals surface area contributed by atoms with Crippen LogP contribution < -0.4 is 0 Å². The molecule has 0 aromatic rings. The molecule has 1 heterocycles. The second-order valence-electron chi connectivity index (χ2n) is 11.6. The molecule has 5 aliphatic carbocycles. The molecule has 5 spiro atoms.